The van der Waals surface area contributed by atoms with Crippen molar-refractivity contribution in [2.75, 3.05) is 32.7 Å². The van der Waals surface area contributed by atoms with Crippen molar-refractivity contribution in [3.8, 4) is 0 Å². The third kappa shape index (κ3) is 5.00. The Morgan fingerprint density at radius 1 is 1.08 bits per heavy atom. The Morgan fingerprint density at radius 2 is 1.75 bits per heavy atom. The highest BCUT2D eigenvalue weighted by Gasteiger charge is 2.40. The van der Waals surface area contributed by atoms with Crippen LogP contribution in [0.2, 0.25) is 0 Å². The molecule has 24 heavy (non-hydrogen) atoms. The first-order chi connectivity index (χ1) is 10.7. The summed E-state index contributed by atoms with van der Waals surface area (Å²) in [5.41, 5.74) is 0. The summed E-state index contributed by atoms with van der Waals surface area (Å²) >= 11 is 0. The predicted molar refractivity (Wildman–Crippen MR) is 104 cm³/mol. The molecule has 3 heterocycles. The van der Waals surface area contributed by atoms with Crippen LogP contribution in [0.3, 0.4) is 0 Å². The molecule has 0 aromatic carbocycles. The van der Waals surface area contributed by atoms with Gasteiger partial charge in [0.1, 0.15) is 0 Å². The van der Waals surface area contributed by atoms with Gasteiger partial charge in [0.15, 0.2) is 0 Å². The summed E-state index contributed by atoms with van der Waals surface area (Å²) < 4.78 is 0. The van der Waals surface area contributed by atoms with Crippen molar-refractivity contribution < 1.29 is 4.79 Å². The van der Waals surface area contributed by atoms with Crippen LogP contribution in [-0.2, 0) is 4.79 Å². The van der Waals surface area contributed by atoms with Crippen molar-refractivity contribution in [3.63, 3.8) is 0 Å². The molecule has 3 saturated heterocycles. The highest BCUT2D eigenvalue weighted by atomic mass is 35.5. The van der Waals surface area contributed by atoms with E-state index in [0.29, 0.717) is 23.9 Å². The molecule has 3 aliphatic rings. The minimum atomic E-state index is 0. The molecule has 2 bridgehead atoms. The quantitative estimate of drug-likeness (QED) is 0.815. The van der Waals surface area contributed by atoms with Gasteiger partial charge in [-0.3, -0.25) is 4.79 Å². The lowest BCUT2D eigenvalue weighted by Gasteiger charge is -2.32. The fourth-order valence-electron chi connectivity index (χ4n) is 4.80. The standard InChI is InChI=1S/C18H33N3O.2ClH/c1-3-20-11-8-16-4-5-17(13-20)21(16)18(22)12-14(2)15-6-9-19-10-7-15;;/h14-17,19H,3-13H2,1-2H3;2*1H. The minimum Gasteiger partial charge on any atom is -0.335 e. The molecule has 3 fully saturated rings. The Balaban J connectivity index is 0.00000144. The molecule has 6 heteroatoms. The number of nitrogens with zero attached hydrogens (tertiary/aromatic N) is 2. The van der Waals surface area contributed by atoms with Crippen LogP contribution in [0.4, 0.5) is 0 Å². The van der Waals surface area contributed by atoms with Crippen molar-refractivity contribution in [1.29, 1.82) is 0 Å². The molecular weight excluding hydrogens is 345 g/mol. The predicted octanol–water partition coefficient (Wildman–Crippen LogP) is 2.94. The first kappa shape index (κ1) is 22.0. The second-order valence-corrected chi connectivity index (χ2v) is 7.64. The fraction of sp³-hybridized carbons (Fsp3) is 0.944. The van der Waals surface area contributed by atoms with Gasteiger partial charge >= 0.3 is 0 Å². The van der Waals surface area contributed by atoms with Crippen LogP contribution in [0.1, 0.15) is 52.4 Å². The molecule has 3 aliphatic heterocycles. The van der Waals surface area contributed by atoms with Crippen LogP contribution in [0, 0.1) is 11.8 Å². The molecule has 3 atom stereocenters. The summed E-state index contributed by atoms with van der Waals surface area (Å²) in [6.07, 6.45) is 6.88. The first-order valence-corrected chi connectivity index (χ1v) is 9.43. The number of amides is 1. The van der Waals surface area contributed by atoms with Crippen molar-refractivity contribution in [3.05, 3.63) is 0 Å². The summed E-state index contributed by atoms with van der Waals surface area (Å²) in [7, 11) is 0. The lowest BCUT2D eigenvalue weighted by atomic mass is 9.84. The number of likely N-dealkylation sites (tertiary alicyclic amines) is 1. The number of fused-ring (bicyclic) bond motifs is 2. The van der Waals surface area contributed by atoms with Gasteiger partial charge in [0.05, 0.1) is 0 Å². The summed E-state index contributed by atoms with van der Waals surface area (Å²) in [6.45, 7) is 10.2. The average molecular weight is 380 g/mol. The normalized spacial score (nSPS) is 29.3. The second kappa shape index (κ2) is 10.2. The lowest BCUT2D eigenvalue weighted by Crippen LogP contribution is -2.44. The first-order valence-electron chi connectivity index (χ1n) is 9.43. The number of hydrogen-bond acceptors (Lipinski definition) is 3. The fourth-order valence-corrected chi connectivity index (χ4v) is 4.80. The van der Waals surface area contributed by atoms with Gasteiger partial charge in [0.25, 0.3) is 0 Å². The van der Waals surface area contributed by atoms with E-state index < -0.39 is 0 Å². The monoisotopic (exact) mass is 379 g/mol. The zero-order chi connectivity index (χ0) is 15.5. The van der Waals surface area contributed by atoms with Crippen LogP contribution in [-0.4, -0.2) is 60.5 Å². The molecule has 0 spiro atoms. The van der Waals surface area contributed by atoms with E-state index in [9.17, 15) is 4.79 Å². The Labute approximate surface area is 159 Å². The highest BCUT2D eigenvalue weighted by molar-refractivity contribution is 5.85. The van der Waals surface area contributed by atoms with E-state index in [-0.39, 0.29) is 24.8 Å². The van der Waals surface area contributed by atoms with Gasteiger partial charge in [-0.2, -0.15) is 0 Å². The molecule has 3 unspecified atom stereocenters. The van der Waals surface area contributed by atoms with Gasteiger partial charge in [0.2, 0.25) is 5.91 Å². The summed E-state index contributed by atoms with van der Waals surface area (Å²) in [6, 6.07) is 1.01. The number of carbonyl (C=O) groups excluding carboxylic acids is 1. The minimum absolute atomic E-state index is 0. The molecule has 1 N–H and O–H groups in total. The van der Waals surface area contributed by atoms with Gasteiger partial charge < -0.3 is 15.1 Å². The van der Waals surface area contributed by atoms with E-state index in [4.69, 9.17) is 0 Å². The smallest absolute Gasteiger partial charge is 0.223 e. The average Bonchev–Trinajstić information content (AvgIpc) is 2.83. The molecule has 0 radical (unpaired) electrons. The molecule has 0 saturated carbocycles. The van der Waals surface area contributed by atoms with Gasteiger partial charge in [-0.05, 0) is 63.6 Å². The number of halogens is 2. The Bertz CT molecular complexity index is 390. The van der Waals surface area contributed by atoms with Gasteiger partial charge in [-0.1, -0.05) is 13.8 Å². The second-order valence-electron chi connectivity index (χ2n) is 7.64. The van der Waals surface area contributed by atoms with E-state index in [2.05, 4.69) is 29.0 Å². The topological polar surface area (TPSA) is 35.6 Å². The molecule has 0 aromatic rings. The van der Waals surface area contributed by atoms with Crippen LogP contribution >= 0.6 is 24.8 Å². The third-order valence-electron chi connectivity index (χ3n) is 6.29. The van der Waals surface area contributed by atoms with Crippen molar-refractivity contribution in [2.45, 2.75) is 64.5 Å². The molecule has 1 amide bonds. The number of likely N-dealkylation sites (N-methyl/N-ethyl adjacent to an activating group) is 1. The van der Waals surface area contributed by atoms with Crippen LogP contribution in [0.25, 0.3) is 0 Å². The largest absolute Gasteiger partial charge is 0.335 e. The van der Waals surface area contributed by atoms with Gasteiger partial charge in [-0.25, -0.2) is 0 Å². The molecule has 4 nitrogen and oxygen atoms in total. The molecule has 0 aromatic heterocycles. The zero-order valence-corrected chi connectivity index (χ0v) is 16.8. The van der Waals surface area contributed by atoms with E-state index in [1.807, 2.05) is 0 Å². The summed E-state index contributed by atoms with van der Waals surface area (Å²) in [5.74, 6) is 1.72. The summed E-state index contributed by atoms with van der Waals surface area (Å²) in [5, 5.41) is 3.43. The maximum absolute atomic E-state index is 13.0. The number of piperidine rings is 1. The number of carbonyl (C=O) groups is 1. The van der Waals surface area contributed by atoms with Gasteiger partial charge in [-0.15, -0.1) is 24.8 Å². The van der Waals surface area contributed by atoms with Crippen LogP contribution < -0.4 is 5.32 Å². The van der Waals surface area contributed by atoms with Gasteiger partial charge in [0, 0.05) is 31.6 Å². The maximum atomic E-state index is 13.0. The van der Waals surface area contributed by atoms with E-state index >= 15 is 0 Å². The van der Waals surface area contributed by atoms with Crippen LogP contribution in [0.15, 0.2) is 0 Å². The van der Waals surface area contributed by atoms with E-state index in [0.717, 1.165) is 38.5 Å². The Hall–Kier alpha value is -0.0300. The van der Waals surface area contributed by atoms with Crippen molar-refractivity contribution in [1.82, 2.24) is 15.1 Å². The Kier molecular flexibility index (Phi) is 9.35. The highest BCUT2D eigenvalue weighted by Crippen LogP contribution is 2.33. The lowest BCUT2D eigenvalue weighted by molar-refractivity contribution is -0.135. The number of nitrogens with one attached hydrogen (secondary N) is 1. The third-order valence-corrected chi connectivity index (χ3v) is 6.29. The summed E-state index contributed by atoms with van der Waals surface area (Å²) in [4.78, 5) is 17.8. The number of hydrogen-bond donors (Lipinski definition) is 1. The van der Waals surface area contributed by atoms with E-state index in [1.54, 1.807) is 0 Å². The van der Waals surface area contributed by atoms with Crippen molar-refractivity contribution >= 4 is 30.7 Å². The molecule has 142 valence electrons. The maximum Gasteiger partial charge on any atom is 0.223 e. The van der Waals surface area contributed by atoms with Crippen molar-refractivity contribution in [2.24, 2.45) is 11.8 Å². The van der Waals surface area contributed by atoms with Crippen LogP contribution in [0.5, 0.6) is 0 Å². The number of rotatable bonds is 4. The SMILES string of the molecule is CCN1CCC2CCC(C1)N2C(=O)CC(C)C1CCNCC1.Cl.Cl. The van der Waals surface area contributed by atoms with E-state index in [1.165, 1.54) is 38.6 Å². The molecule has 3 rings (SSSR count). The zero-order valence-electron chi connectivity index (χ0n) is 15.2. The Morgan fingerprint density at radius 3 is 2.42 bits per heavy atom. The molecular formula is C18H35Cl2N3O. The molecule has 0 aliphatic carbocycles.